The molecule has 0 unspecified atom stereocenters. The Morgan fingerprint density at radius 1 is 0.667 bits per heavy atom. The Balaban J connectivity index is 1.75. The summed E-state index contributed by atoms with van der Waals surface area (Å²) < 4.78 is 0. The van der Waals surface area contributed by atoms with Gasteiger partial charge in [0.1, 0.15) is 0 Å². The van der Waals surface area contributed by atoms with Crippen molar-refractivity contribution in [3.8, 4) is 0 Å². The molecule has 0 heterocycles. The number of hydrogen-bond acceptors (Lipinski definition) is 2. The fraction of sp³-hybridized carbons (Fsp3) is 0.161. The average molecular weight is 434 g/mol. The van der Waals surface area contributed by atoms with Crippen LogP contribution in [0.3, 0.4) is 0 Å². The lowest BCUT2D eigenvalue weighted by Crippen LogP contribution is -2.53. The Morgan fingerprint density at radius 3 is 1.45 bits per heavy atom. The first kappa shape index (κ1) is 22.7. The summed E-state index contributed by atoms with van der Waals surface area (Å²) in [4.78, 5) is 0. The summed E-state index contributed by atoms with van der Waals surface area (Å²) >= 11 is 0. The standard InChI is InChI=1S/C31H31NO/c1-2-29(30(33)24-23-25-15-7-3-8-16-25)32-31(26-17-9-4-10-18-26,27-19-11-5-12-20-27)28-21-13-6-14-22-28/h2-22,29-30,32-33H,1,23-24H2/t29-,30+/m1/s1. The highest BCUT2D eigenvalue weighted by Gasteiger charge is 2.38. The maximum absolute atomic E-state index is 11.2. The zero-order chi connectivity index (χ0) is 22.9. The summed E-state index contributed by atoms with van der Waals surface area (Å²) in [7, 11) is 0. The van der Waals surface area contributed by atoms with Crippen molar-refractivity contribution in [1.29, 1.82) is 0 Å². The average Bonchev–Trinajstić information content (AvgIpc) is 2.90. The van der Waals surface area contributed by atoms with Crippen LogP contribution in [0.5, 0.6) is 0 Å². The van der Waals surface area contributed by atoms with Crippen LogP contribution >= 0.6 is 0 Å². The first-order valence-electron chi connectivity index (χ1n) is 11.5. The maximum atomic E-state index is 11.2. The van der Waals surface area contributed by atoms with E-state index in [9.17, 15) is 5.11 Å². The van der Waals surface area contributed by atoms with E-state index in [-0.39, 0.29) is 6.04 Å². The van der Waals surface area contributed by atoms with Crippen LogP contribution < -0.4 is 5.32 Å². The minimum absolute atomic E-state index is 0.311. The lowest BCUT2D eigenvalue weighted by molar-refractivity contribution is 0.126. The molecule has 2 N–H and O–H groups in total. The Bertz CT molecular complexity index is 1010. The molecule has 166 valence electrons. The minimum atomic E-state index is -0.642. The maximum Gasteiger partial charge on any atom is 0.0953 e. The predicted molar refractivity (Wildman–Crippen MR) is 137 cm³/mol. The normalized spacial score (nSPS) is 13.2. The van der Waals surface area contributed by atoms with Gasteiger partial charge in [-0.1, -0.05) is 127 Å². The Labute approximate surface area is 197 Å². The molecule has 0 aliphatic heterocycles. The van der Waals surface area contributed by atoms with Crippen LogP contribution in [-0.4, -0.2) is 17.3 Å². The van der Waals surface area contributed by atoms with Crippen molar-refractivity contribution in [2.75, 3.05) is 0 Å². The lowest BCUT2D eigenvalue weighted by atomic mass is 9.76. The molecule has 33 heavy (non-hydrogen) atoms. The molecule has 0 fully saturated rings. The van der Waals surface area contributed by atoms with E-state index in [1.54, 1.807) is 0 Å². The molecule has 0 aliphatic rings. The zero-order valence-electron chi connectivity index (χ0n) is 18.8. The van der Waals surface area contributed by atoms with Gasteiger partial charge in [0.25, 0.3) is 0 Å². The first-order valence-corrected chi connectivity index (χ1v) is 11.5. The number of aliphatic hydroxyl groups excluding tert-OH is 1. The van der Waals surface area contributed by atoms with Crippen molar-refractivity contribution in [1.82, 2.24) is 5.32 Å². The number of aryl methyl sites for hydroxylation is 1. The fourth-order valence-corrected chi connectivity index (χ4v) is 4.52. The van der Waals surface area contributed by atoms with Gasteiger partial charge in [-0.05, 0) is 35.1 Å². The molecule has 0 aliphatic carbocycles. The number of hydrogen-bond donors (Lipinski definition) is 2. The molecule has 2 atom stereocenters. The minimum Gasteiger partial charge on any atom is -0.391 e. The monoisotopic (exact) mass is 433 g/mol. The van der Waals surface area contributed by atoms with Crippen LogP contribution in [0.1, 0.15) is 28.7 Å². The van der Waals surface area contributed by atoms with E-state index in [2.05, 4.69) is 96.8 Å². The van der Waals surface area contributed by atoms with Gasteiger partial charge in [0, 0.05) is 0 Å². The van der Waals surface area contributed by atoms with Crippen molar-refractivity contribution in [3.05, 3.63) is 156 Å². The summed E-state index contributed by atoms with van der Waals surface area (Å²) in [6, 6.07) is 41.3. The van der Waals surface area contributed by atoms with Crippen LogP contribution in [0, 0.1) is 0 Å². The van der Waals surface area contributed by atoms with Gasteiger partial charge in [-0.15, -0.1) is 6.58 Å². The van der Waals surface area contributed by atoms with Crippen LogP contribution in [0.4, 0.5) is 0 Å². The summed E-state index contributed by atoms with van der Waals surface area (Å²) in [5.74, 6) is 0. The van der Waals surface area contributed by atoms with Gasteiger partial charge < -0.3 is 5.11 Å². The van der Waals surface area contributed by atoms with Gasteiger partial charge in [0.15, 0.2) is 0 Å². The Morgan fingerprint density at radius 2 is 1.06 bits per heavy atom. The second-order valence-corrected chi connectivity index (χ2v) is 8.35. The molecule has 2 heteroatoms. The van der Waals surface area contributed by atoms with Gasteiger partial charge >= 0.3 is 0 Å². The molecule has 0 saturated heterocycles. The predicted octanol–water partition coefficient (Wildman–Crippen LogP) is 6.12. The third kappa shape index (κ3) is 5.14. The SMILES string of the molecule is C=C[C@@H](NC(c1ccccc1)(c1ccccc1)c1ccccc1)[C@@H](O)CCc1ccccc1. The van der Waals surface area contributed by atoms with E-state index in [1.165, 1.54) is 5.56 Å². The van der Waals surface area contributed by atoms with E-state index >= 15 is 0 Å². The molecular formula is C31H31NO. The molecule has 0 bridgehead atoms. The molecule has 2 nitrogen and oxygen atoms in total. The van der Waals surface area contributed by atoms with E-state index in [0.717, 1.165) is 23.1 Å². The van der Waals surface area contributed by atoms with E-state index in [0.29, 0.717) is 6.42 Å². The topological polar surface area (TPSA) is 32.3 Å². The highest BCUT2D eigenvalue weighted by atomic mass is 16.3. The van der Waals surface area contributed by atoms with Crippen molar-refractivity contribution in [3.63, 3.8) is 0 Å². The van der Waals surface area contributed by atoms with E-state index in [4.69, 9.17) is 0 Å². The van der Waals surface area contributed by atoms with Gasteiger partial charge in [-0.25, -0.2) is 0 Å². The van der Waals surface area contributed by atoms with Gasteiger partial charge in [0.05, 0.1) is 17.7 Å². The highest BCUT2D eigenvalue weighted by molar-refractivity contribution is 5.49. The van der Waals surface area contributed by atoms with E-state index < -0.39 is 11.6 Å². The third-order valence-corrected chi connectivity index (χ3v) is 6.24. The number of aliphatic hydroxyl groups is 1. The summed E-state index contributed by atoms with van der Waals surface area (Å²) in [6.07, 6.45) is 2.70. The van der Waals surface area contributed by atoms with Gasteiger partial charge in [-0.2, -0.15) is 0 Å². The number of benzene rings is 4. The molecule has 0 saturated carbocycles. The zero-order valence-corrected chi connectivity index (χ0v) is 18.8. The molecule has 4 rings (SSSR count). The quantitative estimate of drug-likeness (QED) is 0.233. The molecular weight excluding hydrogens is 402 g/mol. The van der Waals surface area contributed by atoms with Crippen molar-refractivity contribution < 1.29 is 5.11 Å². The van der Waals surface area contributed by atoms with Crippen LogP contribution in [0.25, 0.3) is 0 Å². The summed E-state index contributed by atoms with van der Waals surface area (Å²) in [6.45, 7) is 4.08. The fourth-order valence-electron chi connectivity index (χ4n) is 4.52. The van der Waals surface area contributed by atoms with Gasteiger partial charge in [-0.3, -0.25) is 5.32 Å². The molecule has 0 amide bonds. The second kappa shape index (κ2) is 10.9. The smallest absolute Gasteiger partial charge is 0.0953 e. The molecule has 0 radical (unpaired) electrons. The third-order valence-electron chi connectivity index (χ3n) is 6.24. The van der Waals surface area contributed by atoms with Crippen LogP contribution in [0.2, 0.25) is 0 Å². The summed E-state index contributed by atoms with van der Waals surface area (Å²) in [5, 5.41) is 15.1. The molecule has 4 aromatic rings. The molecule has 0 spiro atoms. The molecule has 0 aromatic heterocycles. The van der Waals surface area contributed by atoms with Crippen LogP contribution in [-0.2, 0) is 12.0 Å². The summed E-state index contributed by atoms with van der Waals surface area (Å²) in [5.41, 5.74) is 3.93. The second-order valence-electron chi connectivity index (χ2n) is 8.35. The first-order chi connectivity index (χ1) is 16.2. The highest BCUT2D eigenvalue weighted by Crippen LogP contribution is 2.37. The van der Waals surface area contributed by atoms with Crippen molar-refractivity contribution in [2.24, 2.45) is 0 Å². The molecule has 4 aromatic carbocycles. The number of rotatable bonds is 10. The lowest BCUT2D eigenvalue weighted by Gasteiger charge is -2.40. The number of nitrogens with one attached hydrogen (secondary N) is 1. The van der Waals surface area contributed by atoms with Crippen molar-refractivity contribution >= 4 is 0 Å². The largest absolute Gasteiger partial charge is 0.391 e. The van der Waals surface area contributed by atoms with Crippen LogP contribution in [0.15, 0.2) is 134 Å². The van der Waals surface area contributed by atoms with Gasteiger partial charge in [0.2, 0.25) is 0 Å². The Hall–Kier alpha value is -3.46. The van der Waals surface area contributed by atoms with Crippen molar-refractivity contribution in [2.45, 2.75) is 30.5 Å². The Kier molecular flexibility index (Phi) is 7.51. The van der Waals surface area contributed by atoms with E-state index in [1.807, 2.05) is 42.5 Å².